The Hall–Kier alpha value is -3.11. The monoisotopic (exact) mass is 486 g/mol. The van der Waals surface area contributed by atoms with Gasteiger partial charge in [0.1, 0.15) is 10.8 Å². The molecule has 0 saturated heterocycles. The summed E-state index contributed by atoms with van der Waals surface area (Å²) < 4.78 is 12.5. The first-order chi connectivity index (χ1) is 15.9. The molecular weight excluding hydrogens is 460 g/mol. The van der Waals surface area contributed by atoms with E-state index in [1.807, 2.05) is 49.6 Å². The van der Waals surface area contributed by atoms with E-state index < -0.39 is 5.97 Å². The van der Waals surface area contributed by atoms with Crippen LogP contribution in [0.1, 0.15) is 27.7 Å². The van der Waals surface area contributed by atoms with Gasteiger partial charge in [-0.1, -0.05) is 30.0 Å². The molecule has 1 N–H and O–H groups in total. The zero-order valence-corrected chi connectivity index (χ0v) is 20.6. The lowest BCUT2D eigenvalue weighted by atomic mass is 10.1. The highest BCUT2D eigenvalue weighted by Crippen LogP contribution is 2.34. The molecule has 0 spiro atoms. The Balaban J connectivity index is 1.79. The topological polar surface area (TPSA) is 95.3 Å². The smallest absolute Gasteiger partial charge is 0.341 e. The SMILES string of the molecule is C=CCn1c(SCC(=O)Nc2sc(C)c(C)c2C(=O)OC)nnc1-c1ccccc1OCC. The summed E-state index contributed by atoms with van der Waals surface area (Å²) in [6.07, 6.45) is 1.75. The van der Waals surface area contributed by atoms with E-state index in [2.05, 4.69) is 22.1 Å². The van der Waals surface area contributed by atoms with Crippen molar-refractivity contribution in [3.05, 3.63) is 52.9 Å². The standard InChI is InChI=1S/C23H26N4O4S2/c1-6-12-27-20(16-10-8-9-11-17(16)31-7-2)25-26-23(27)32-13-18(28)24-21-19(22(29)30-5)14(3)15(4)33-21/h6,8-11H,1,7,12-13H2,2-5H3,(H,24,28). The van der Waals surface area contributed by atoms with Gasteiger partial charge in [-0.05, 0) is 38.5 Å². The Morgan fingerprint density at radius 1 is 1.27 bits per heavy atom. The van der Waals surface area contributed by atoms with Gasteiger partial charge >= 0.3 is 5.97 Å². The highest BCUT2D eigenvalue weighted by atomic mass is 32.2. The predicted octanol–water partition coefficient (Wildman–Crippen LogP) is 4.73. The maximum absolute atomic E-state index is 12.7. The van der Waals surface area contributed by atoms with Crippen LogP contribution in [0, 0.1) is 13.8 Å². The van der Waals surface area contributed by atoms with Gasteiger partial charge in [-0.15, -0.1) is 28.1 Å². The average Bonchev–Trinajstić information content (AvgIpc) is 3.32. The van der Waals surface area contributed by atoms with Crippen molar-refractivity contribution in [1.29, 1.82) is 0 Å². The van der Waals surface area contributed by atoms with Gasteiger partial charge in [0.15, 0.2) is 11.0 Å². The van der Waals surface area contributed by atoms with Gasteiger partial charge in [0.05, 0.1) is 30.6 Å². The highest BCUT2D eigenvalue weighted by Gasteiger charge is 2.22. The Labute approximate surface area is 201 Å². The fourth-order valence-electron chi connectivity index (χ4n) is 3.18. The highest BCUT2D eigenvalue weighted by molar-refractivity contribution is 7.99. The summed E-state index contributed by atoms with van der Waals surface area (Å²) in [5.41, 5.74) is 2.01. The number of rotatable bonds is 10. The fourth-order valence-corrected chi connectivity index (χ4v) is 4.99. The van der Waals surface area contributed by atoms with Crippen LogP contribution in [0.3, 0.4) is 0 Å². The molecular formula is C23H26N4O4S2. The third-order valence-corrected chi connectivity index (χ3v) is 6.91. The van der Waals surface area contributed by atoms with Crippen molar-refractivity contribution >= 4 is 40.0 Å². The molecule has 0 fully saturated rings. The normalized spacial score (nSPS) is 10.7. The number of carbonyl (C=O) groups excluding carboxylic acids is 2. The lowest BCUT2D eigenvalue weighted by Gasteiger charge is -2.11. The zero-order valence-electron chi connectivity index (χ0n) is 19.0. The lowest BCUT2D eigenvalue weighted by Crippen LogP contribution is -2.16. The molecule has 1 aromatic carbocycles. The van der Waals surface area contributed by atoms with Crippen LogP contribution in [-0.2, 0) is 16.1 Å². The second kappa shape index (κ2) is 11.2. The second-order valence-corrected chi connectivity index (χ2v) is 9.12. The van der Waals surface area contributed by atoms with Crippen LogP contribution < -0.4 is 10.1 Å². The number of nitrogens with one attached hydrogen (secondary N) is 1. The van der Waals surface area contributed by atoms with Crippen molar-refractivity contribution in [2.24, 2.45) is 0 Å². The number of aromatic nitrogens is 3. The minimum atomic E-state index is -0.469. The Morgan fingerprint density at radius 2 is 2.03 bits per heavy atom. The van der Waals surface area contributed by atoms with E-state index in [9.17, 15) is 9.59 Å². The Kier molecular flexibility index (Phi) is 8.29. The first-order valence-corrected chi connectivity index (χ1v) is 12.1. The van der Waals surface area contributed by atoms with Gasteiger partial charge in [0, 0.05) is 11.4 Å². The molecule has 33 heavy (non-hydrogen) atoms. The average molecular weight is 487 g/mol. The Bertz CT molecular complexity index is 1170. The molecule has 0 saturated carbocycles. The largest absolute Gasteiger partial charge is 0.493 e. The first-order valence-electron chi connectivity index (χ1n) is 10.3. The van der Waals surface area contributed by atoms with Crippen molar-refractivity contribution in [3.63, 3.8) is 0 Å². The molecule has 174 valence electrons. The number of hydrogen-bond donors (Lipinski definition) is 1. The molecule has 0 atom stereocenters. The molecule has 0 radical (unpaired) electrons. The molecule has 0 aliphatic heterocycles. The minimum Gasteiger partial charge on any atom is -0.493 e. The summed E-state index contributed by atoms with van der Waals surface area (Å²) in [6.45, 7) is 10.5. The van der Waals surface area contributed by atoms with E-state index in [0.29, 0.717) is 40.4 Å². The van der Waals surface area contributed by atoms with Crippen LogP contribution in [0.4, 0.5) is 5.00 Å². The van der Waals surface area contributed by atoms with Crippen LogP contribution in [-0.4, -0.2) is 46.1 Å². The summed E-state index contributed by atoms with van der Waals surface area (Å²) in [7, 11) is 1.32. The number of thiophene rings is 1. The molecule has 0 unspecified atom stereocenters. The molecule has 3 rings (SSSR count). The van der Waals surface area contributed by atoms with Gasteiger partial charge in [-0.25, -0.2) is 4.79 Å². The number of anilines is 1. The molecule has 10 heteroatoms. The molecule has 0 aliphatic rings. The maximum Gasteiger partial charge on any atom is 0.341 e. The summed E-state index contributed by atoms with van der Waals surface area (Å²) >= 11 is 2.61. The number of methoxy groups -OCH3 is 1. The number of esters is 1. The van der Waals surface area contributed by atoms with Crippen LogP contribution in [0.2, 0.25) is 0 Å². The number of amides is 1. The summed E-state index contributed by atoms with van der Waals surface area (Å²) in [4.78, 5) is 25.8. The van der Waals surface area contributed by atoms with Crippen molar-refractivity contribution in [3.8, 4) is 17.1 Å². The number of benzene rings is 1. The maximum atomic E-state index is 12.7. The second-order valence-electron chi connectivity index (χ2n) is 6.95. The number of thioether (sulfide) groups is 1. The quantitative estimate of drug-likeness (QED) is 0.252. The number of hydrogen-bond acceptors (Lipinski definition) is 8. The third-order valence-electron chi connectivity index (χ3n) is 4.82. The molecule has 0 aliphatic carbocycles. The zero-order chi connectivity index (χ0) is 24.0. The molecule has 0 bridgehead atoms. The van der Waals surface area contributed by atoms with Crippen LogP contribution in [0.25, 0.3) is 11.4 Å². The van der Waals surface area contributed by atoms with Crippen molar-refractivity contribution in [2.75, 3.05) is 24.8 Å². The molecule has 1 amide bonds. The van der Waals surface area contributed by atoms with E-state index in [1.54, 1.807) is 6.08 Å². The number of allylic oxidation sites excluding steroid dienone is 1. The van der Waals surface area contributed by atoms with Crippen LogP contribution >= 0.6 is 23.1 Å². The van der Waals surface area contributed by atoms with Crippen molar-refractivity contribution in [2.45, 2.75) is 32.5 Å². The number of aryl methyl sites for hydroxylation is 1. The first kappa shape index (κ1) is 24.5. The number of ether oxygens (including phenoxy) is 2. The van der Waals surface area contributed by atoms with E-state index >= 15 is 0 Å². The predicted molar refractivity (Wildman–Crippen MR) is 131 cm³/mol. The molecule has 3 aromatic rings. The van der Waals surface area contributed by atoms with Gasteiger partial charge in [-0.3, -0.25) is 9.36 Å². The Morgan fingerprint density at radius 3 is 2.73 bits per heavy atom. The number of para-hydroxylation sites is 1. The lowest BCUT2D eigenvalue weighted by molar-refractivity contribution is -0.113. The minimum absolute atomic E-state index is 0.0962. The van der Waals surface area contributed by atoms with Gasteiger partial charge in [0.2, 0.25) is 5.91 Å². The fraction of sp³-hybridized carbons (Fsp3) is 0.304. The summed E-state index contributed by atoms with van der Waals surface area (Å²) in [5.74, 6) is 0.725. The number of nitrogens with zero attached hydrogens (tertiary/aromatic N) is 3. The summed E-state index contributed by atoms with van der Waals surface area (Å²) in [5, 5.41) is 12.5. The van der Waals surface area contributed by atoms with Gasteiger partial charge < -0.3 is 14.8 Å². The van der Waals surface area contributed by atoms with E-state index in [-0.39, 0.29) is 11.7 Å². The number of carbonyl (C=O) groups is 2. The molecule has 2 aromatic heterocycles. The summed E-state index contributed by atoms with van der Waals surface area (Å²) in [6, 6.07) is 7.62. The molecule has 2 heterocycles. The van der Waals surface area contributed by atoms with E-state index in [1.165, 1.54) is 30.2 Å². The van der Waals surface area contributed by atoms with Crippen molar-refractivity contribution < 1.29 is 19.1 Å². The van der Waals surface area contributed by atoms with Gasteiger partial charge in [0.25, 0.3) is 0 Å². The van der Waals surface area contributed by atoms with Crippen LogP contribution in [0.5, 0.6) is 5.75 Å². The van der Waals surface area contributed by atoms with E-state index in [4.69, 9.17) is 9.47 Å². The molecule has 8 nitrogen and oxygen atoms in total. The van der Waals surface area contributed by atoms with E-state index in [0.717, 1.165) is 16.0 Å². The van der Waals surface area contributed by atoms with Gasteiger partial charge in [-0.2, -0.15) is 0 Å². The van der Waals surface area contributed by atoms with Crippen molar-refractivity contribution in [1.82, 2.24) is 14.8 Å². The third kappa shape index (κ3) is 5.45. The van der Waals surface area contributed by atoms with Crippen LogP contribution in [0.15, 0.2) is 42.1 Å².